The number of fused-ring (bicyclic) bond motifs is 1. The van der Waals surface area contributed by atoms with Gasteiger partial charge in [0.1, 0.15) is 4.90 Å². The summed E-state index contributed by atoms with van der Waals surface area (Å²) in [5.41, 5.74) is 2.52. The summed E-state index contributed by atoms with van der Waals surface area (Å²) in [5, 5.41) is 0.214. The molecule has 0 saturated heterocycles. The van der Waals surface area contributed by atoms with E-state index in [2.05, 4.69) is 26.7 Å². The van der Waals surface area contributed by atoms with Crippen molar-refractivity contribution < 1.29 is 8.42 Å². The van der Waals surface area contributed by atoms with E-state index in [0.717, 1.165) is 10.9 Å². The lowest BCUT2D eigenvalue weighted by Crippen LogP contribution is -2.33. The molecule has 0 heterocycles. The zero-order valence-electron chi connectivity index (χ0n) is 11.0. The highest BCUT2D eigenvalue weighted by Crippen LogP contribution is 2.34. The van der Waals surface area contributed by atoms with Crippen molar-refractivity contribution in [2.45, 2.75) is 17.2 Å². The minimum atomic E-state index is -3.58. The summed E-state index contributed by atoms with van der Waals surface area (Å²) < 4.78 is 28.0. The fourth-order valence-corrected chi connectivity index (χ4v) is 4.64. The van der Waals surface area contributed by atoms with E-state index < -0.39 is 10.0 Å². The first-order valence-corrected chi connectivity index (χ1v) is 9.15. The van der Waals surface area contributed by atoms with Gasteiger partial charge in [0.2, 0.25) is 10.0 Å². The van der Waals surface area contributed by atoms with Crippen molar-refractivity contribution in [1.82, 2.24) is 4.72 Å². The Labute approximate surface area is 137 Å². The van der Waals surface area contributed by atoms with E-state index in [0.29, 0.717) is 6.54 Å². The molecule has 1 unspecified atom stereocenters. The molecule has 110 valence electrons. The maximum atomic E-state index is 12.3. The van der Waals surface area contributed by atoms with Crippen LogP contribution >= 0.6 is 27.5 Å². The third-order valence-corrected chi connectivity index (χ3v) is 6.06. The fourth-order valence-electron chi connectivity index (χ4n) is 2.53. The van der Waals surface area contributed by atoms with E-state index in [1.54, 1.807) is 12.1 Å². The Bertz CT molecular complexity index is 792. The van der Waals surface area contributed by atoms with Crippen molar-refractivity contribution >= 4 is 37.6 Å². The summed E-state index contributed by atoms with van der Waals surface area (Å²) in [4.78, 5) is 0.111. The Morgan fingerprint density at radius 1 is 1.24 bits per heavy atom. The molecule has 0 spiro atoms. The molecule has 2 aromatic rings. The largest absolute Gasteiger partial charge is 0.242 e. The molecule has 1 aliphatic carbocycles. The maximum absolute atomic E-state index is 12.3. The van der Waals surface area contributed by atoms with Crippen LogP contribution in [0.4, 0.5) is 0 Å². The standard InChI is InChI=1S/C15H13BrClNO2S/c16-12-5-6-15(14(17)8-12)21(19,20)18-9-11-7-10-3-1-2-4-13(10)11/h1-6,8,11,18H,7,9H2. The topological polar surface area (TPSA) is 46.2 Å². The van der Waals surface area contributed by atoms with Gasteiger partial charge in [0.25, 0.3) is 0 Å². The van der Waals surface area contributed by atoms with Gasteiger partial charge in [-0.25, -0.2) is 13.1 Å². The van der Waals surface area contributed by atoms with Crippen LogP contribution in [0.15, 0.2) is 51.8 Å². The molecular formula is C15H13BrClNO2S. The number of rotatable bonds is 4. The van der Waals surface area contributed by atoms with Crippen molar-refractivity contribution in [3.05, 3.63) is 63.1 Å². The monoisotopic (exact) mass is 385 g/mol. The van der Waals surface area contributed by atoms with E-state index in [1.807, 2.05) is 18.2 Å². The molecule has 3 nitrogen and oxygen atoms in total. The van der Waals surface area contributed by atoms with Crippen LogP contribution in [0.3, 0.4) is 0 Å². The van der Waals surface area contributed by atoms with Crippen LogP contribution in [-0.4, -0.2) is 15.0 Å². The molecule has 0 amide bonds. The molecule has 0 bridgehead atoms. The smallest absolute Gasteiger partial charge is 0.210 e. The normalized spacial score (nSPS) is 17.1. The lowest BCUT2D eigenvalue weighted by Gasteiger charge is -2.30. The SMILES string of the molecule is O=S(=O)(NCC1Cc2ccccc21)c1ccc(Br)cc1Cl. The predicted molar refractivity (Wildman–Crippen MR) is 87.2 cm³/mol. The van der Waals surface area contributed by atoms with Crippen LogP contribution < -0.4 is 4.72 Å². The fraction of sp³-hybridized carbons (Fsp3) is 0.200. The number of nitrogens with one attached hydrogen (secondary N) is 1. The van der Waals surface area contributed by atoms with E-state index >= 15 is 0 Å². The minimum Gasteiger partial charge on any atom is -0.210 e. The summed E-state index contributed by atoms with van der Waals surface area (Å²) in [6, 6.07) is 12.8. The average Bonchev–Trinajstić information content (AvgIpc) is 2.39. The molecule has 3 rings (SSSR count). The highest BCUT2D eigenvalue weighted by Gasteiger charge is 2.27. The molecule has 6 heteroatoms. The van der Waals surface area contributed by atoms with Gasteiger partial charge in [-0.15, -0.1) is 0 Å². The van der Waals surface area contributed by atoms with Crippen LogP contribution in [0.1, 0.15) is 17.0 Å². The quantitative estimate of drug-likeness (QED) is 0.870. The molecule has 1 atom stereocenters. The van der Waals surface area contributed by atoms with Crippen molar-refractivity contribution in [2.24, 2.45) is 0 Å². The lowest BCUT2D eigenvalue weighted by atomic mass is 9.78. The van der Waals surface area contributed by atoms with Gasteiger partial charge < -0.3 is 0 Å². The molecule has 2 aromatic carbocycles. The molecular weight excluding hydrogens is 374 g/mol. The number of hydrogen-bond acceptors (Lipinski definition) is 2. The average molecular weight is 387 g/mol. The third kappa shape index (κ3) is 3.01. The first-order valence-electron chi connectivity index (χ1n) is 6.50. The Balaban J connectivity index is 1.73. The Hall–Kier alpha value is -0.880. The molecule has 0 saturated carbocycles. The van der Waals surface area contributed by atoms with Crippen molar-refractivity contribution in [2.75, 3.05) is 6.54 Å². The third-order valence-electron chi connectivity index (χ3n) is 3.66. The summed E-state index contributed by atoms with van der Waals surface area (Å²) in [5.74, 6) is 0.241. The second kappa shape index (κ2) is 5.72. The second-order valence-corrected chi connectivity index (χ2v) is 8.08. The molecule has 0 fully saturated rings. The Kier molecular flexibility index (Phi) is 4.10. The van der Waals surface area contributed by atoms with Crippen LogP contribution in [-0.2, 0) is 16.4 Å². The molecule has 0 aromatic heterocycles. The van der Waals surface area contributed by atoms with Crippen LogP contribution in [0, 0.1) is 0 Å². The van der Waals surface area contributed by atoms with Crippen molar-refractivity contribution in [1.29, 1.82) is 0 Å². The molecule has 0 radical (unpaired) electrons. The van der Waals surface area contributed by atoms with Crippen molar-refractivity contribution in [3.8, 4) is 0 Å². The molecule has 1 N–H and O–H groups in total. The summed E-state index contributed by atoms with van der Waals surface area (Å²) in [6.45, 7) is 0.395. The van der Waals surface area contributed by atoms with E-state index in [1.165, 1.54) is 17.2 Å². The lowest BCUT2D eigenvalue weighted by molar-refractivity contribution is 0.552. The van der Waals surface area contributed by atoms with Crippen LogP contribution in [0.5, 0.6) is 0 Å². The highest BCUT2D eigenvalue weighted by molar-refractivity contribution is 9.10. The Morgan fingerprint density at radius 2 is 2.00 bits per heavy atom. The first-order chi connectivity index (χ1) is 9.97. The van der Waals surface area contributed by atoms with Gasteiger partial charge in [-0.1, -0.05) is 51.8 Å². The van der Waals surface area contributed by atoms with E-state index in [-0.39, 0.29) is 15.8 Å². The first kappa shape index (κ1) is 15.0. The zero-order valence-corrected chi connectivity index (χ0v) is 14.2. The Morgan fingerprint density at radius 3 is 2.71 bits per heavy atom. The molecule has 21 heavy (non-hydrogen) atoms. The van der Waals surface area contributed by atoms with Gasteiger partial charge in [-0.3, -0.25) is 0 Å². The van der Waals surface area contributed by atoms with Gasteiger partial charge in [0.15, 0.2) is 0 Å². The highest BCUT2D eigenvalue weighted by atomic mass is 79.9. The van der Waals surface area contributed by atoms with E-state index in [4.69, 9.17) is 11.6 Å². The number of hydrogen-bond donors (Lipinski definition) is 1. The van der Waals surface area contributed by atoms with Gasteiger partial charge in [-0.2, -0.15) is 0 Å². The maximum Gasteiger partial charge on any atom is 0.242 e. The van der Waals surface area contributed by atoms with Gasteiger partial charge in [0.05, 0.1) is 5.02 Å². The molecule has 1 aliphatic rings. The number of sulfonamides is 1. The van der Waals surface area contributed by atoms with Crippen LogP contribution in [0.2, 0.25) is 5.02 Å². The predicted octanol–water partition coefficient (Wildman–Crippen LogP) is 3.72. The number of benzene rings is 2. The second-order valence-electron chi connectivity index (χ2n) is 5.03. The van der Waals surface area contributed by atoms with Crippen LogP contribution in [0.25, 0.3) is 0 Å². The van der Waals surface area contributed by atoms with Gasteiger partial charge in [0, 0.05) is 16.9 Å². The zero-order chi connectivity index (χ0) is 15.0. The van der Waals surface area contributed by atoms with Crippen molar-refractivity contribution in [3.63, 3.8) is 0 Å². The molecule has 0 aliphatic heterocycles. The summed E-state index contributed by atoms with van der Waals surface area (Å²) >= 11 is 9.27. The van der Waals surface area contributed by atoms with Gasteiger partial charge >= 0.3 is 0 Å². The van der Waals surface area contributed by atoms with Gasteiger partial charge in [-0.05, 0) is 35.7 Å². The number of halogens is 2. The van der Waals surface area contributed by atoms with E-state index in [9.17, 15) is 8.42 Å². The minimum absolute atomic E-state index is 0.111. The summed E-state index contributed by atoms with van der Waals surface area (Å²) in [6.07, 6.45) is 0.909. The summed E-state index contributed by atoms with van der Waals surface area (Å²) in [7, 11) is -3.58.